The van der Waals surface area contributed by atoms with E-state index in [1.54, 1.807) is 12.3 Å². The lowest BCUT2D eigenvalue weighted by molar-refractivity contribution is 0.559. The molecule has 4 rings (SSSR count). The van der Waals surface area contributed by atoms with Gasteiger partial charge in [0.2, 0.25) is 17.6 Å². The van der Waals surface area contributed by atoms with E-state index >= 15 is 0 Å². The van der Waals surface area contributed by atoms with Gasteiger partial charge in [0.05, 0.1) is 5.56 Å². The van der Waals surface area contributed by atoms with Crippen molar-refractivity contribution in [1.82, 2.24) is 19.5 Å². The smallest absolute Gasteiger partial charge is 0.250 e. The maximum atomic E-state index is 13.2. The summed E-state index contributed by atoms with van der Waals surface area (Å²) in [5.41, 5.74) is 2.32. The second-order valence-electron chi connectivity index (χ2n) is 4.77. The summed E-state index contributed by atoms with van der Waals surface area (Å²) >= 11 is 7.02. The topological polar surface area (TPSA) is 56.7 Å². The molecule has 0 aliphatic heterocycles. The molecule has 0 saturated heterocycles. The number of oxazole rings is 1. The minimum atomic E-state index is -0.590. The molecule has 0 saturated carbocycles. The third-order valence-electron chi connectivity index (χ3n) is 3.27. The molecule has 0 amide bonds. The molecule has 116 valence electrons. The largest absolute Gasteiger partial charge is 0.418 e. The van der Waals surface area contributed by atoms with Crippen molar-refractivity contribution in [3.8, 4) is 11.5 Å². The first-order valence-electron chi connectivity index (χ1n) is 6.39. The summed E-state index contributed by atoms with van der Waals surface area (Å²) in [5, 5.41) is 0.985. The van der Waals surface area contributed by atoms with Crippen molar-refractivity contribution >= 4 is 90.0 Å². The fraction of sp³-hybridized carbons (Fsp3) is 0.0714. The molecule has 0 aliphatic rings. The molecule has 0 N–H and O–H groups in total. The molecule has 5 nitrogen and oxygen atoms in total. The summed E-state index contributed by atoms with van der Waals surface area (Å²) in [5.74, 6) is -0.210. The molecule has 4 heterocycles. The Balaban J connectivity index is 1.85. The summed E-state index contributed by atoms with van der Waals surface area (Å²) < 4.78 is 20.6. The number of hydrogen-bond donors (Lipinski definition) is 0. The van der Waals surface area contributed by atoms with Crippen LogP contribution in [-0.2, 0) is -0.441 Å². The van der Waals surface area contributed by atoms with Crippen molar-refractivity contribution in [2.45, 2.75) is -0.441 Å². The minimum absolute atomic E-state index is 0.136. The summed E-state index contributed by atoms with van der Waals surface area (Å²) in [6.07, 6.45) is 3.70. The van der Waals surface area contributed by atoms with Gasteiger partial charge in [0, 0.05) is 17.8 Å². The van der Waals surface area contributed by atoms with Gasteiger partial charge in [0.1, 0.15) is 11.2 Å². The van der Waals surface area contributed by atoms with Gasteiger partial charge in [-0.15, -0.1) is 0 Å². The van der Waals surface area contributed by atoms with E-state index in [-0.39, 0.29) is 5.27 Å². The van der Waals surface area contributed by atoms with Crippen LogP contribution in [0.4, 0.5) is 4.39 Å². The Kier molecular flexibility index (Phi) is 3.98. The molecule has 0 spiro atoms. The van der Waals surface area contributed by atoms with Crippen LogP contribution in [0.3, 0.4) is 0 Å². The first-order valence-corrected chi connectivity index (χ1v) is 9.63. The standard InChI is InChI=1S/C14H6FI3N4O/c15-10-2-1-9-13(21-10)23-12(20-9)8-5-7-3-4-22(14(16,17)18)11(7)19-6-8/h1-6H. The first kappa shape index (κ1) is 15.9. The molecule has 23 heavy (non-hydrogen) atoms. The lowest BCUT2D eigenvalue weighted by atomic mass is 10.2. The molecule has 0 aromatic carbocycles. The van der Waals surface area contributed by atoms with Gasteiger partial charge in [-0.1, -0.05) is 0 Å². The van der Waals surface area contributed by atoms with Gasteiger partial charge >= 0.3 is 0 Å². The van der Waals surface area contributed by atoms with Crippen LogP contribution in [0, 0.1) is 5.95 Å². The molecule has 0 fully saturated rings. The van der Waals surface area contributed by atoms with Crippen molar-refractivity contribution in [2.75, 3.05) is 0 Å². The van der Waals surface area contributed by atoms with Gasteiger partial charge < -0.3 is 8.98 Å². The van der Waals surface area contributed by atoms with Crippen LogP contribution in [0.15, 0.2) is 41.1 Å². The molecule has 0 atom stereocenters. The van der Waals surface area contributed by atoms with Crippen LogP contribution in [-0.4, -0.2) is 19.5 Å². The van der Waals surface area contributed by atoms with E-state index in [9.17, 15) is 4.39 Å². The Morgan fingerprint density at radius 2 is 1.96 bits per heavy atom. The van der Waals surface area contributed by atoms with E-state index in [0.717, 1.165) is 16.6 Å². The number of aromatic nitrogens is 4. The SMILES string of the molecule is Fc1ccc2nc(-c3cnc4c(ccn4C(I)(I)I)c3)oc2n1. The molecular weight excluding hydrogens is 640 g/mol. The van der Waals surface area contributed by atoms with Crippen molar-refractivity contribution in [3.63, 3.8) is 0 Å². The predicted octanol–water partition coefficient (Wildman–Crippen LogP) is 5.25. The third-order valence-corrected chi connectivity index (χ3v) is 4.83. The van der Waals surface area contributed by atoms with Gasteiger partial charge in [-0.2, -0.15) is 9.37 Å². The Labute approximate surface area is 170 Å². The normalized spacial score (nSPS) is 12.3. The lowest BCUT2D eigenvalue weighted by Gasteiger charge is -2.15. The quantitative estimate of drug-likeness (QED) is 0.170. The molecule has 0 aliphatic carbocycles. The fourth-order valence-corrected chi connectivity index (χ4v) is 3.43. The highest BCUT2D eigenvalue weighted by atomic mass is 127. The van der Waals surface area contributed by atoms with E-state index in [1.165, 1.54) is 6.07 Å². The summed E-state index contributed by atoms with van der Waals surface area (Å²) in [6.45, 7) is 0. The molecule has 0 radical (unpaired) electrons. The highest BCUT2D eigenvalue weighted by Crippen LogP contribution is 2.43. The number of rotatable bonds is 2. The average Bonchev–Trinajstić information content (AvgIpc) is 3.08. The zero-order valence-corrected chi connectivity index (χ0v) is 17.6. The summed E-state index contributed by atoms with van der Waals surface area (Å²) in [6, 6.07) is 6.76. The van der Waals surface area contributed by atoms with E-state index < -0.39 is 5.95 Å². The number of hydrogen-bond acceptors (Lipinski definition) is 4. The van der Waals surface area contributed by atoms with Crippen LogP contribution in [0.5, 0.6) is 0 Å². The maximum Gasteiger partial charge on any atom is 0.250 e. The van der Waals surface area contributed by atoms with Crippen molar-refractivity contribution in [3.05, 3.63) is 42.6 Å². The fourth-order valence-electron chi connectivity index (χ4n) is 2.26. The van der Waals surface area contributed by atoms with Gasteiger partial charge in [-0.25, -0.2) is 9.97 Å². The van der Waals surface area contributed by atoms with Gasteiger partial charge in [-0.05, 0) is 92.0 Å². The number of halogens is 4. The molecular formula is C14H6FI3N4O. The molecule has 4 aromatic rings. The molecule has 0 bridgehead atoms. The number of alkyl halides is 3. The van der Waals surface area contributed by atoms with Crippen LogP contribution in [0.25, 0.3) is 33.7 Å². The van der Waals surface area contributed by atoms with E-state index in [1.807, 2.05) is 18.3 Å². The molecule has 4 aromatic heterocycles. The maximum absolute atomic E-state index is 13.2. The summed E-state index contributed by atoms with van der Waals surface area (Å²) in [4.78, 5) is 12.6. The van der Waals surface area contributed by atoms with Crippen LogP contribution >= 0.6 is 67.8 Å². The zero-order valence-electron chi connectivity index (χ0n) is 11.2. The Hall–Kier alpha value is -0.570. The van der Waals surface area contributed by atoms with Crippen LogP contribution in [0.2, 0.25) is 0 Å². The Morgan fingerprint density at radius 1 is 1.13 bits per heavy atom. The van der Waals surface area contributed by atoms with Crippen LogP contribution < -0.4 is 0 Å². The Morgan fingerprint density at radius 3 is 2.74 bits per heavy atom. The molecule has 9 heteroatoms. The highest BCUT2D eigenvalue weighted by molar-refractivity contribution is 14.3. The number of pyridine rings is 2. The van der Waals surface area contributed by atoms with E-state index in [0.29, 0.717) is 11.4 Å². The second kappa shape index (κ2) is 5.75. The monoisotopic (exact) mass is 646 g/mol. The number of fused-ring (bicyclic) bond motifs is 2. The highest BCUT2D eigenvalue weighted by Gasteiger charge is 2.22. The van der Waals surface area contributed by atoms with Crippen molar-refractivity contribution < 1.29 is 8.81 Å². The van der Waals surface area contributed by atoms with E-state index in [2.05, 4.69) is 87.3 Å². The van der Waals surface area contributed by atoms with Gasteiger partial charge in [-0.3, -0.25) is 0 Å². The van der Waals surface area contributed by atoms with Crippen LogP contribution in [0.1, 0.15) is 0 Å². The second-order valence-corrected chi connectivity index (χ2v) is 15.6. The third kappa shape index (κ3) is 2.94. The summed E-state index contributed by atoms with van der Waals surface area (Å²) in [7, 11) is 0. The van der Waals surface area contributed by atoms with Gasteiger partial charge in [0.25, 0.3) is 0 Å². The Bertz CT molecular complexity index is 1040. The predicted molar refractivity (Wildman–Crippen MR) is 111 cm³/mol. The zero-order chi connectivity index (χ0) is 16.2. The van der Waals surface area contributed by atoms with Gasteiger partial charge in [0.15, 0.2) is -0.441 Å². The average molecular weight is 646 g/mol. The molecule has 0 unspecified atom stereocenters. The lowest BCUT2D eigenvalue weighted by Crippen LogP contribution is -2.08. The van der Waals surface area contributed by atoms with Crippen molar-refractivity contribution in [1.29, 1.82) is 0 Å². The minimum Gasteiger partial charge on any atom is -0.418 e. The first-order chi connectivity index (χ1) is 10.9. The van der Waals surface area contributed by atoms with E-state index in [4.69, 9.17) is 4.42 Å². The van der Waals surface area contributed by atoms with Crippen molar-refractivity contribution in [2.24, 2.45) is 0 Å². The number of nitrogens with zero attached hydrogens (tertiary/aromatic N) is 4.